The molecule has 1 saturated heterocycles. The summed E-state index contributed by atoms with van der Waals surface area (Å²) in [7, 11) is 1.43. The minimum absolute atomic E-state index is 0.0430. The highest BCUT2D eigenvalue weighted by atomic mass is 127. The predicted molar refractivity (Wildman–Crippen MR) is 146 cm³/mol. The second kappa shape index (κ2) is 13.4. The Morgan fingerprint density at radius 1 is 1.33 bits per heavy atom. The number of carbonyl (C=O) groups is 3. The van der Waals surface area contributed by atoms with Crippen LogP contribution in [0.4, 0.5) is 0 Å². The molecule has 11 nitrogen and oxygen atoms in total. The number of hydrogen-bond acceptors (Lipinski definition) is 9. The van der Waals surface area contributed by atoms with E-state index < -0.39 is 30.3 Å². The maximum absolute atomic E-state index is 13.7. The predicted octanol–water partition coefficient (Wildman–Crippen LogP) is 1.83. The molecule has 0 radical (unpaired) electrons. The van der Waals surface area contributed by atoms with Crippen LogP contribution < -0.4 is 14.8 Å². The molecule has 3 N–H and O–H groups in total. The van der Waals surface area contributed by atoms with Crippen molar-refractivity contribution in [3.05, 3.63) is 57.1 Å². The summed E-state index contributed by atoms with van der Waals surface area (Å²) in [6.45, 7) is 0.400. The molecule has 4 rings (SSSR count). The first-order valence-corrected chi connectivity index (χ1v) is 13.6. The number of nitrogens with zero attached hydrogens (tertiary/aromatic N) is 1. The molecule has 1 unspecified atom stereocenters. The van der Waals surface area contributed by atoms with E-state index in [1.807, 2.05) is 22.6 Å². The SMILES string of the molecule is COc1cc(C=O)cc(I)c1O[C@H]1C=C(C(=O)NCCO)C[C@@H](N(Cc2ccoc2)C(=O)C2CCCO2)[C@@H]1O. The first-order valence-electron chi connectivity index (χ1n) is 12.6. The van der Waals surface area contributed by atoms with Gasteiger partial charge in [0.15, 0.2) is 11.5 Å². The van der Waals surface area contributed by atoms with Gasteiger partial charge in [-0.05, 0) is 59.7 Å². The smallest absolute Gasteiger partial charge is 0.252 e. The van der Waals surface area contributed by atoms with Crippen molar-refractivity contribution in [2.75, 3.05) is 26.9 Å². The maximum atomic E-state index is 13.7. The van der Waals surface area contributed by atoms with Crippen LogP contribution in [0.3, 0.4) is 0 Å². The molecule has 1 fully saturated rings. The summed E-state index contributed by atoms with van der Waals surface area (Å²) in [6.07, 6.45) is 3.64. The van der Waals surface area contributed by atoms with Gasteiger partial charge in [0.05, 0.1) is 35.9 Å². The third-order valence-corrected chi connectivity index (χ3v) is 7.48. The molecule has 1 aliphatic heterocycles. The molecular formula is C27H31IN2O9. The highest BCUT2D eigenvalue weighted by Gasteiger charge is 2.43. The molecule has 39 heavy (non-hydrogen) atoms. The number of rotatable bonds is 11. The van der Waals surface area contributed by atoms with Crippen molar-refractivity contribution in [3.8, 4) is 11.5 Å². The van der Waals surface area contributed by atoms with Gasteiger partial charge in [-0.15, -0.1) is 0 Å². The Hall–Kier alpha value is -2.94. The van der Waals surface area contributed by atoms with Crippen LogP contribution in [0.1, 0.15) is 35.2 Å². The Balaban J connectivity index is 1.71. The van der Waals surface area contributed by atoms with Crippen molar-refractivity contribution in [2.45, 2.75) is 50.2 Å². The van der Waals surface area contributed by atoms with Gasteiger partial charge in [0.25, 0.3) is 5.91 Å². The number of aldehydes is 1. The zero-order valence-corrected chi connectivity index (χ0v) is 23.5. The lowest BCUT2D eigenvalue weighted by molar-refractivity contribution is -0.149. The van der Waals surface area contributed by atoms with Gasteiger partial charge in [-0.25, -0.2) is 0 Å². The lowest BCUT2D eigenvalue weighted by Crippen LogP contribution is -2.56. The zero-order chi connectivity index (χ0) is 27.9. The van der Waals surface area contributed by atoms with Gasteiger partial charge >= 0.3 is 0 Å². The number of halogens is 1. The first kappa shape index (κ1) is 29.1. The highest BCUT2D eigenvalue weighted by Crippen LogP contribution is 2.37. The van der Waals surface area contributed by atoms with Gasteiger partial charge in [0, 0.05) is 42.8 Å². The number of furan rings is 1. The molecule has 2 aromatic rings. The summed E-state index contributed by atoms with van der Waals surface area (Å²) in [6, 6.07) is 4.01. The third-order valence-electron chi connectivity index (χ3n) is 6.68. The molecule has 1 aromatic carbocycles. The second-order valence-corrected chi connectivity index (χ2v) is 10.4. The first-order chi connectivity index (χ1) is 18.9. The summed E-state index contributed by atoms with van der Waals surface area (Å²) in [5.74, 6) is -0.174. The standard InChI is InChI=1S/C27H31IN2O9/c1-36-23-10-17(14-32)9-19(28)25(23)39-22-12-18(26(34)29-5-6-31)11-20(24(22)33)30(13-16-4-8-37-15-16)27(35)21-3-2-7-38-21/h4,8-10,12,14-15,20-22,24,31,33H,2-3,5-7,11,13H2,1H3,(H,29,34)/t20-,21?,22+,24+/m1/s1. The van der Waals surface area contributed by atoms with E-state index in [1.165, 1.54) is 36.7 Å². The van der Waals surface area contributed by atoms with Crippen LogP contribution in [0.2, 0.25) is 0 Å². The number of benzene rings is 1. The van der Waals surface area contributed by atoms with E-state index in [0.717, 1.165) is 6.42 Å². The van der Waals surface area contributed by atoms with E-state index in [-0.39, 0.29) is 43.5 Å². The average Bonchev–Trinajstić information content (AvgIpc) is 3.67. The molecule has 1 aromatic heterocycles. The number of aliphatic hydroxyl groups is 2. The molecule has 1 aliphatic carbocycles. The van der Waals surface area contributed by atoms with Gasteiger partial charge in [0.2, 0.25) is 5.91 Å². The van der Waals surface area contributed by atoms with Crippen LogP contribution in [0.25, 0.3) is 0 Å². The topological polar surface area (TPSA) is 148 Å². The summed E-state index contributed by atoms with van der Waals surface area (Å²) < 4.78 is 23.1. The van der Waals surface area contributed by atoms with Gasteiger partial charge in [0.1, 0.15) is 24.6 Å². The number of methoxy groups -OCH3 is 1. The van der Waals surface area contributed by atoms with E-state index >= 15 is 0 Å². The molecule has 2 aliphatic rings. The van der Waals surface area contributed by atoms with Crippen LogP contribution in [-0.4, -0.2) is 84.4 Å². The van der Waals surface area contributed by atoms with Crippen LogP contribution >= 0.6 is 22.6 Å². The van der Waals surface area contributed by atoms with E-state index in [4.69, 9.17) is 18.6 Å². The highest BCUT2D eigenvalue weighted by molar-refractivity contribution is 14.1. The van der Waals surface area contributed by atoms with Crippen LogP contribution in [0, 0.1) is 3.57 Å². The summed E-state index contributed by atoms with van der Waals surface area (Å²) in [5.41, 5.74) is 1.39. The van der Waals surface area contributed by atoms with Crippen molar-refractivity contribution in [2.24, 2.45) is 0 Å². The molecule has 0 bridgehead atoms. The summed E-state index contributed by atoms with van der Waals surface area (Å²) >= 11 is 2.00. The Labute approximate surface area is 239 Å². The van der Waals surface area contributed by atoms with Gasteiger partial charge in [-0.2, -0.15) is 0 Å². The van der Waals surface area contributed by atoms with E-state index in [0.29, 0.717) is 39.6 Å². The van der Waals surface area contributed by atoms with Crippen molar-refractivity contribution in [1.29, 1.82) is 0 Å². The molecule has 12 heteroatoms. The monoisotopic (exact) mass is 654 g/mol. The molecule has 2 amide bonds. The molecule has 2 heterocycles. The van der Waals surface area contributed by atoms with Crippen molar-refractivity contribution >= 4 is 40.7 Å². The summed E-state index contributed by atoms with van der Waals surface area (Å²) in [4.78, 5) is 39.5. The molecule has 0 spiro atoms. The van der Waals surface area contributed by atoms with E-state index in [2.05, 4.69) is 5.32 Å². The van der Waals surface area contributed by atoms with Crippen molar-refractivity contribution < 1.29 is 43.2 Å². The lowest BCUT2D eigenvalue weighted by Gasteiger charge is -2.41. The van der Waals surface area contributed by atoms with Gasteiger partial charge in [-0.3, -0.25) is 14.4 Å². The number of carbonyl (C=O) groups excluding carboxylic acids is 3. The van der Waals surface area contributed by atoms with Crippen molar-refractivity contribution in [1.82, 2.24) is 10.2 Å². The lowest BCUT2D eigenvalue weighted by atomic mass is 9.87. The van der Waals surface area contributed by atoms with Crippen LogP contribution in [0.15, 0.2) is 46.8 Å². The fraction of sp³-hybridized carbons (Fsp3) is 0.444. The maximum Gasteiger partial charge on any atom is 0.252 e. The molecule has 210 valence electrons. The fourth-order valence-corrected chi connectivity index (χ4v) is 5.49. The van der Waals surface area contributed by atoms with Crippen molar-refractivity contribution in [3.63, 3.8) is 0 Å². The number of hydrogen-bond donors (Lipinski definition) is 3. The largest absolute Gasteiger partial charge is 0.493 e. The zero-order valence-electron chi connectivity index (χ0n) is 21.4. The second-order valence-electron chi connectivity index (χ2n) is 9.27. The van der Waals surface area contributed by atoms with E-state index in [1.54, 1.807) is 12.1 Å². The number of ether oxygens (including phenoxy) is 3. The van der Waals surface area contributed by atoms with Gasteiger partial charge < -0.3 is 39.1 Å². The average molecular weight is 654 g/mol. The Bertz CT molecular complexity index is 1190. The minimum Gasteiger partial charge on any atom is -0.493 e. The minimum atomic E-state index is -1.23. The molecular weight excluding hydrogens is 623 g/mol. The fourth-order valence-electron chi connectivity index (χ4n) is 4.73. The molecule has 4 atom stereocenters. The summed E-state index contributed by atoms with van der Waals surface area (Å²) in [5, 5.41) is 23.4. The Morgan fingerprint density at radius 2 is 2.15 bits per heavy atom. The number of amides is 2. The Kier molecular flexibility index (Phi) is 9.99. The Morgan fingerprint density at radius 3 is 2.79 bits per heavy atom. The van der Waals surface area contributed by atoms with Gasteiger partial charge in [-0.1, -0.05) is 0 Å². The number of aliphatic hydroxyl groups excluding tert-OH is 2. The normalized spacial score (nSPS) is 22.6. The van der Waals surface area contributed by atoms with Crippen LogP contribution in [0.5, 0.6) is 11.5 Å². The van der Waals surface area contributed by atoms with Crippen LogP contribution in [-0.2, 0) is 20.9 Å². The van der Waals surface area contributed by atoms with E-state index in [9.17, 15) is 24.6 Å². The molecule has 0 saturated carbocycles. The third kappa shape index (κ3) is 6.80. The quantitative estimate of drug-likeness (QED) is 0.244. The number of nitrogens with one attached hydrogen (secondary N) is 1.